The fourth-order valence-corrected chi connectivity index (χ4v) is 1.79. The zero-order chi connectivity index (χ0) is 14.7. The number of nitrogens with zero attached hydrogens (tertiary/aromatic N) is 1. The zero-order valence-corrected chi connectivity index (χ0v) is 11.1. The molecule has 3 nitrogen and oxygen atoms in total. The van der Waals surface area contributed by atoms with Gasteiger partial charge >= 0.3 is 0 Å². The lowest BCUT2D eigenvalue weighted by molar-refractivity contribution is 0.0992. The highest BCUT2D eigenvalue weighted by Crippen LogP contribution is 2.20. The topological polar surface area (TPSA) is 29.5 Å². The fraction of sp³-hybridized carbons (Fsp3) is 0.133. The molecule has 0 fully saturated rings. The molecule has 2 rings (SSSR count). The summed E-state index contributed by atoms with van der Waals surface area (Å²) in [5.41, 5.74) is 0.557. The maximum absolute atomic E-state index is 13.1. The number of hydrogen-bond acceptors (Lipinski definition) is 2. The van der Waals surface area contributed by atoms with Gasteiger partial charge in [0.25, 0.3) is 5.91 Å². The number of methoxy groups -OCH3 is 1. The van der Waals surface area contributed by atoms with Gasteiger partial charge in [0.05, 0.1) is 7.11 Å². The van der Waals surface area contributed by atoms with Crippen LogP contribution in [0.3, 0.4) is 0 Å². The molecule has 0 aliphatic rings. The van der Waals surface area contributed by atoms with Crippen molar-refractivity contribution in [3.05, 3.63) is 59.7 Å². The zero-order valence-electron chi connectivity index (χ0n) is 11.1. The minimum Gasteiger partial charge on any atom is -0.497 e. The minimum absolute atomic E-state index is 0.0409. The molecule has 0 saturated carbocycles. The van der Waals surface area contributed by atoms with Crippen molar-refractivity contribution in [2.24, 2.45) is 0 Å². The molecule has 0 aliphatic carbocycles. The number of carbonyl (C=O) groups excluding carboxylic acids is 1. The second-order valence-corrected chi connectivity index (χ2v) is 4.22. The molecule has 0 bridgehead atoms. The van der Waals surface area contributed by atoms with Crippen molar-refractivity contribution < 1.29 is 18.3 Å². The molecule has 0 spiro atoms. The van der Waals surface area contributed by atoms with E-state index in [0.29, 0.717) is 11.4 Å². The van der Waals surface area contributed by atoms with Gasteiger partial charge in [-0.05, 0) is 36.4 Å². The molecule has 2 aromatic carbocycles. The van der Waals surface area contributed by atoms with E-state index in [0.717, 1.165) is 18.2 Å². The Bertz CT molecular complexity index is 606. The van der Waals surface area contributed by atoms with E-state index in [1.807, 2.05) is 0 Å². The first kappa shape index (κ1) is 14.0. The van der Waals surface area contributed by atoms with Gasteiger partial charge in [-0.1, -0.05) is 0 Å². The molecule has 5 heteroatoms. The van der Waals surface area contributed by atoms with Crippen LogP contribution < -0.4 is 9.64 Å². The van der Waals surface area contributed by atoms with Gasteiger partial charge in [-0.25, -0.2) is 8.78 Å². The molecule has 0 saturated heterocycles. The van der Waals surface area contributed by atoms with Crippen LogP contribution in [0.4, 0.5) is 14.5 Å². The lowest BCUT2D eigenvalue weighted by Crippen LogP contribution is -2.26. The summed E-state index contributed by atoms with van der Waals surface area (Å²) in [6.45, 7) is 0. The lowest BCUT2D eigenvalue weighted by atomic mass is 10.1. The first-order valence-electron chi connectivity index (χ1n) is 5.89. The highest BCUT2D eigenvalue weighted by Gasteiger charge is 2.15. The number of rotatable bonds is 3. The quantitative estimate of drug-likeness (QED) is 0.862. The normalized spacial score (nSPS) is 10.2. The Labute approximate surface area is 115 Å². The molecule has 0 aliphatic heterocycles. The number of halogens is 2. The van der Waals surface area contributed by atoms with Crippen molar-refractivity contribution in [3.63, 3.8) is 0 Å². The third-order valence-corrected chi connectivity index (χ3v) is 2.87. The van der Waals surface area contributed by atoms with Crippen molar-refractivity contribution in [2.75, 3.05) is 19.1 Å². The number of hydrogen-bond donors (Lipinski definition) is 0. The summed E-state index contributed by atoms with van der Waals surface area (Å²) >= 11 is 0. The molecule has 0 unspecified atom stereocenters. The summed E-state index contributed by atoms with van der Waals surface area (Å²) < 4.78 is 31.3. The Morgan fingerprint density at radius 2 is 1.60 bits per heavy atom. The summed E-state index contributed by atoms with van der Waals surface area (Å²) in [7, 11) is 3.08. The van der Waals surface area contributed by atoms with E-state index in [9.17, 15) is 13.6 Å². The van der Waals surface area contributed by atoms with Crippen LogP contribution in [0.15, 0.2) is 42.5 Å². The number of benzene rings is 2. The van der Waals surface area contributed by atoms with Crippen molar-refractivity contribution in [1.29, 1.82) is 0 Å². The van der Waals surface area contributed by atoms with Gasteiger partial charge in [-0.3, -0.25) is 4.79 Å². The van der Waals surface area contributed by atoms with Crippen molar-refractivity contribution >= 4 is 11.6 Å². The number of amides is 1. The van der Waals surface area contributed by atoms with E-state index in [-0.39, 0.29) is 5.56 Å². The van der Waals surface area contributed by atoms with Gasteiger partial charge in [0.2, 0.25) is 0 Å². The molecule has 0 heterocycles. The predicted molar refractivity (Wildman–Crippen MR) is 72.1 cm³/mol. The van der Waals surface area contributed by atoms with Crippen molar-refractivity contribution in [1.82, 2.24) is 0 Å². The summed E-state index contributed by atoms with van der Waals surface area (Å²) in [6, 6.07) is 9.51. The summed E-state index contributed by atoms with van der Waals surface area (Å²) in [6.07, 6.45) is 0. The van der Waals surface area contributed by atoms with E-state index in [1.54, 1.807) is 31.4 Å². The van der Waals surface area contributed by atoms with Crippen molar-refractivity contribution in [3.8, 4) is 5.75 Å². The predicted octanol–water partition coefficient (Wildman–Crippen LogP) is 3.25. The Morgan fingerprint density at radius 1 is 1.05 bits per heavy atom. The van der Waals surface area contributed by atoms with Crippen LogP contribution >= 0.6 is 0 Å². The van der Waals surface area contributed by atoms with Crippen LogP contribution in [0.25, 0.3) is 0 Å². The van der Waals surface area contributed by atoms with Gasteiger partial charge < -0.3 is 9.64 Å². The van der Waals surface area contributed by atoms with Gasteiger partial charge in [0.1, 0.15) is 17.4 Å². The SMILES string of the molecule is COc1ccc(N(C)C(=O)c2cc(F)cc(F)c2)cc1. The Morgan fingerprint density at radius 3 is 2.10 bits per heavy atom. The van der Waals surface area contributed by atoms with Crippen LogP contribution in [0.1, 0.15) is 10.4 Å². The first-order chi connectivity index (χ1) is 9.51. The van der Waals surface area contributed by atoms with Crippen LogP contribution in [0.5, 0.6) is 5.75 Å². The number of anilines is 1. The largest absolute Gasteiger partial charge is 0.497 e. The number of ether oxygens (including phenoxy) is 1. The van der Waals surface area contributed by atoms with Crippen LogP contribution in [-0.2, 0) is 0 Å². The summed E-state index contributed by atoms with van der Waals surface area (Å²) in [5.74, 6) is -1.40. The second-order valence-electron chi connectivity index (χ2n) is 4.22. The smallest absolute Gasteiger partial charge is 0.258 e. The minimum atomic E-state index is -0.781. The van der Waals surface area contributed by atoms with E-state index >= 15 is 0 Å². The van der Waals surface area contributed by atoms with E-state index in [4.69, 9.17) is 4.74 Å². The van der Waals surface area contributed by atoms with Gasteiger partial charge in [-0.15, -0.1) is 0 Å². The maximum Gasteiger partial charge on any atom is 0.258 e. The van der Waals surface area contributed by atoms with E-state index in [2.05, 4.69) is 0 Å². The van der Waals surface area contributed by atoms with Gasteiger partial charge in [-0.2, -0.15) is 0 Å². The molecule has 0 radical (unpaired) electrons. The third kappa shape index (κ3) is 2.93. The maximum atomic E-state index is 13.1. The molecule has 0 atom stereocenters. The number of carbonyl (C=O) groups is 1. The van der Waals surface area contributed by atoms with Gasteiger partial charge in [0.15, 0.2) is 0 Å². The fourth-order valence-electron chi connectivity index (χ4n) is 1.79. The highest BCUT2D eigenvalue weighted by molar-refractivity contribution is 6.05. The van der Waals surface area contributed by atoms with Crippen molar-refractivity contribution in [2.45, 2.75) is 0 Å². The average molecular weight is 277 g/mol. The van der Waals surface area contributed by atoms with Crippen LogP contribution in [-0.4, -0.2) is 20.1 Å². The molecule has 0 N–H and O–H groups in total. The Kier molecular flexibility index (Phi) is 3.98. The lowest BCUT2D eigenvalue weighted by Gasteiger charge is -2.17. The van der Waals surface area contributed by atoms with E-state index < -0.39 is 17.5 Å². The molecular formula is C15H13F2NO2. The molecular weight excluding hydrogens is 264 g/mol. The molecule has 2 aromatic rings. The first-order valence-corrected chi connectivity index (χ1v) is 5.89. The molecule has 1 amide bonds. The molecule has 20 heavy (non-hydrogen) atoms. The Balaban J connectivity index is 2.27. The van der Waals surface area contributed by atoms with E-state index in [1.165, 1.54) is 11.9 Å². The average Bonchev–Trinajstić information content (AvgIpc) is 2.45. The summed E-state index contributed by atoms with van der Waals surface area (Å²) in [4.78, 5) is 13.5. The highest BCUT2D eigenvalue weighted by atomic mass is 19.1. The monoisotopic (exact) mass is 277 g/mol. The summed E-state index contributed by atoms with van der Waals surface area (Å²) in [5, 5.41) is 0. The molecule has 0 aromatic heterocycles. The van der Waals surface area contributed by atoms with Crippen LogP contribution in [0.2, 0.25) is 0 Å². The second kappa shape index (κ2) is 5.69. The standard InChI is InChI=1S/C15H13F2NO2/c1-18(13-3-5-14(20-2)6-4-13)15(19)10-7-11(16)9-12(17)8-10/h3-9H,1-2H3. The Hall–Kier alpha value is -2.43. The third-order valence-electron chi connectivity index (χ3n) is 2.87. The molecule has 104 valence electrons. The van der Waals surface area contributed by atoms with Gasteiger partial charge in [0, 0.05) is 24.4 Å². The van der Waals surface area contributed by atoms with Crippen LogP contribution in [0, 0.1) is 11.6 Å².